The fourth-order valence-electron chi connectivity index (χ4n) is 3.35. The molecule has 150 valence electrons. The van der Waals surface area contributed by atoms with Gasteiger partial charge in [-0.2, -0.15) is 4.98 Å². The van der Waals surface area contributed by atoms with Crippen molar-refractivity contribution in [2.45, 2.75) is 6.42 Å². The molecule has 0 atom stereocenters. The van der Waals surface area contributed by atoms with E-state index in [4.69, 9.17) is 4.74 Å². The van der Waals surface area contributed by atoms with E-state index in [1.165, 1.54) is 5.56 Å². The Morgan fingerprint density at radius 3 is 2.52 bits per heavy atom. The smallest absolute Gasteiger partial charge is 0.225 e. The number of methoxy groups -OCH3 is 1. The summed E-state index contributed by atoms with van der Waals surface area (Å²) in [7, 11) is 1.68. The second-order valence-electron chi connectivity index (χ2n) is 6.79. The first-order chi connectivity index (χ1) is 14.3. The highest BCUT2D eigenvalue weighted by Crippen LogP contribution is 2.17. The van der Waals surface area contributed by atoms with Crippen molar-refractivity contribution in [2.75, 3.05) is 55.0 Å². The molecule has 29 heavy (non-hydrogen) atoms. The van der Waals surface area contributed by atoms with Crippen molar-refractivity contribution in [1.82, 2.24) is 19.9 Å². The summed E-state index contributed by atoms with van der Waals surface area (Å²) in [5.74, 6) is 3.26. The predicted molar refractivity (Wildman–Crippen MR) is 114 cm³/mol. The average Bonchev–Trinajstić information content (AvgIpc) is 2.80. The molecule has 0 unspecified atom stereocenters. The fourth-order valence-corrected chi connectivity index (χ4v) is 3.35. The minimum atomic E-state index is 0.652. The van der Waals surface area contributed by atoms with Gasteiger partial charge < -0.3 is 19.9 Å². The van der Waals surface area contributed by atoms with E-state index in [9.17, 15) is 0 Å². The Morgan fingerprint density at radius 2 is 1.72 bits per heavy atom. The third-order valence-corrected chi connectivity index (χ3v) is 4.91. The van der Waals surface area contributed by atoms with E-state index in [2.05, 4.69) is 47.2 Å². The lowest BCUT2D eigenvalue weighted by Crippen LogP contribution is -2.47. The number of aromatic nitrogens is 4. The van der Waals surface area contributed by atoms with Crippen molar-refractivity contribution in [1.29, 1.82) is 0 Å². The summed E-state index contributed by atoms with van der Waals surface area (Å²) in [6.45, 7) is 4.24. The molecule has 4 rings (SSSR count). The molecule has 1 N–H and O–H groups in total. The van der Waals surface area contributed by atoms with Crippen LogP contribution in [0.1, 0.15) is 5.56 Å². The van der Waals surface area contributed by atoms with Gasteiger partial charge >= 0.3 is 0 Å². The first-order valence-electron chi connectivity index (χ1n) is 9.78. The molecule has 0 bridgehead atoms. The lowest BCUT2D eigenvalue weighted by molar-refractivity contribution is 0.414. The van der Waals surface area contributed by atoms with Gasteiger partial charge in [-0.05, 0) is 36.2 Å². The zero-order valence-electron chi connectivity index (χ0n) is 16.5. The molecule has 1 aromatic carbocycles. The van der Waals surface area contributed by atoms with Gasteiger partial charge in [0.05, 0.1) is 7.11 Å². The Labute approximate surface area is 170 Å². The van der Waals surface area contributed by atoms with Gasteiger partial charge in [-0.25, -0.2) is 15.0 Å². The van der Waals surface area contributed by atoms with Crippen LogP contribution in [0.3, 0.4) is 0 Å². The third-order valence-electron chi connectivity index (χ3n) is 4.91. The van der Waals surface area contributed by atoms with Crippen LogP contribution in [0, 0.1) is 0 Å². The molecule has 0 amide bonds. The fraction of sp³-hybridized carbons (Fsp3) is 0.333. The van der Waals surface area contributed by atoms with Gasteiger partial charge in [-0.15, -0.1) is 0 Å². The van der Waals surface area contributed by atoms with E-state index >= 15 is 0 Å². The van der Waals surface area contributed by atoms with Gasteiger partial charge in [-0.1, -0.05) is 12.1 Å². The van der Waals surface area contributed by atoms with Crippen LogP contribution in [0.4, 0.5) is 17.7 Å². The van der Waals surface area contributed by atoms with Crippen LogP contribution in [0.15, 0.2) is 55.0 Å². The summed E-state index contributed by atoms with van der Waals surface area (Å²) in [6.07, 6.45) is 6.24. The highest BCUT2D eigenvalue weighted by atomic mass is 16.5. The van der Waals surface area contributed by atoms with E-state index in [1.54, 1.807) is 19.5 Å². The monoisotopic (exact) mass is 391 g/mol. The van der Waals surface area contributed by atoms with E-state index in [0.717, 1.165) is 56.7 Å². The first kappa shape index (κ1) is 18.9. The van der Waals surface area contributed by atoms with Crippen LogP contribution in [0.25, 0.3) is 0 Å². The third kappa shape index (κ3) is 4.90. The number of ether oxygens (including phenoxy) is 1. The van der Waals surface area contributed by atoms with Crippen molar-refractivity contribution in [3.05, 3.63) is 60.6 Å². The highest BCUT2D eigenvalue weighted by Gasteiger charge is 2.20. The summed E-state index contributed by atoms with van der Waals surface area (Å²) >= 11 is 0. The maximum Gasteiger partial charge on any atom is 0.225 e. The summed E-state index contributed by atoms with van der Waals surface area (Å²) in [4.78, 5) is 22.2. The lowest BCUT2D eigenvalue weighted by Gasteiger charge is -2.35. The number of hydrogen-bond acceptors (Lipinski definition) is 8. The van der Waals surface area contributed by atoms with Crippen LogP contribution in [-0.4, -0.2) is 59.8 Å². The van der Waals surface area contributed by atoms with E-state index in [-0.39, 0.29) is 0 Å². The van der Waals surface area contributed by atoms with Crippen LogP contribution < -0.4 is 19.9 Å². The molecule has 0 saturated carbocycles. The predicted octanol–water partition coefficient (Wildman–Crippen LogP) is 2.26. The number of nitrogens with one attached hydrogen (secondary N) is 1. The van der Waals surface area contributed by atoms with Crippen molar-refractivity contribution >= 4 is 17.7 Å². The van der Waals surface area contributed by atoms with Crippen molar-refractivity contribution in [2.24, 2.45) is 0 Å². The highest BCUT2D eigenvalue weighted by molar-refractivity contribution is 5.45. The van der Waals surface area contributed by atoms with Gasteiger partial charge in [0, 0.05) is 51.3 Å². The molecule has 2 aromatic heterocycles. The molecule has 8 nitrogen and oxygen atoms in total. The van der Waals surface area contributed by atoms with Gasteiger partial charge in [0.2, 0.25) is 11.9 Å². The molecular weight excluding hydrogens is 366 g/mol. The molecular formula is C21H25N7O. The SMILES string of the molecule is COc1cccc(CCNc2nccc(N3CCN(c4ncccn4)CC3)n2)c1. The maximum absolute atomic E-state index is 5.28. The Balaban J connectivity index is 1.31. The van der Waals surface area contributed by atoms with E-state index in [1.807, 2.05) is 30.5 Å². The zero-order valence-corrected chi connectivity index (χ0v) is 16.5. The van der Waals surface area contributed by atoms with Crippen LogP contribution >= 0.6 is 0 Å². The molecule has 1 fully saturated rings. The minimum absolute atomic E-state index is 0.652. The Bertz CT molecular complexity index is 914. The molecule has 0 spiro atoms. The van der Waals surface area contributed by atoms with Crippen molar-refractivity contribution < 1.29 is 4.74 Å². The zero-order chi connectivity index (χ0) is 19.9. The van der Waals surface area contributed by atoms with E-state index in [0.29, 0.717) is 5.95 Å². The lowest BCUT2D eigenvalue weighted by atomic mass is 10.1. The van der Waals surface area contributed by atoms with Gasteiger partial charge in [0.25, 0.3) is 0 Å². The van der Waals surface area contributed by atoms with Crippen LogP contribution in [0.5, 0.6) is 5.75 Å². The molecule has 1 aliphatic rings. The van der Waals surface area contributed by atoms with Gasteiger partial charge in [-0.3, -0.25) is 0 Å². The Kier molecular flexibility index (Phi) is 5.99. The number of piperazine rings is 1. The number of nitrogens with zero attached hydrogens (tertiary/aromatic N) is 6. The first-order valence-corrected chi connectivity index (χ1v) is 9.78. The summed E-state index contributed by atoms with van der Waals surface area (Å²) in [5, 5.41) is 3.32. The molecule has 8 heteroatoms. The summed E-state index contributed by atoms with van der Waals surface area (Å²) in [6, 6.07) is 11.9. The number of benzene rings is 1. The largest absolute Gasteiger partial charge is 0.497 e. The molecule has 1 saturated heterocycles. The standard InChI is InChI=1S/C21H25N7O/c1-29-18-5-2-4-17(16-18)6-10-22-20-23-11-7-19(26-20)27-12-14-28(15-13-27)21-24-8-3-9-25-21/h2-5,7-9,11,16H,6,10,12-15H2,1H3,(H,22,23,26). The minimum Gasteiger partial charge on any atom is -0.497 e. The molecule has 1 aliphatic heterocycles. The normalized spacial score (nSPS) is 14.0. The Morgan fingerprint density at radius 1 is 0.931 bits per heavy atom. The van der Waals surface area contributed by atoms with Gasteiger partial charge in [0.15, 0.2) is 0 Å². The van der Waals surface area contributed by atoms with E-state index < -0.39 is 0 Å². The second-order valence-corrected chi connectivity index (χ2v) is 6.79. The van der Waals surface area contributed by atoms with Crippen LogP contribution in [0.2, 0.25) is 0 Å². The average molecular weight is 391 g/mol. The summed E-state index contributed by atoms with van der Waals surface area (Å²) in [5.41, 5.74) is 1.22. The summed E-state index contributed by atoms with van der Waals surface area (Å²) < 4.78 is 5.28. The molecule has 3 heterocycles. The Hall–Kier alpha value is -3.42. The second kappa shape index (κ2) is 9.18. The molecule has 0 radical (unpaired) electrons. The van der Waals surface area contributed by atoms with Gasteiger partial charge in [0.1, 0.15) is 11.6 Å². The van der Waals surface area contributed by atoms with Crippen molar-refractivity contribution in [3.8, 4) is 5.75 Å². The number of rotatable bonds is 7. The molecule has 3 aromatic rings. The number of hydrogen-bond donors (Lipinski definition) is 1. The topological polar surface area (TPSA) is 79.3 Å². The quantitative estimate of drug-likeness (QED) is 0.657. The number of anilines is 3. The van der Waals surface area contributed by atoms with Crippen LogP contribution in [-0.2, 0) is 6.42 Å². The molecule has 0 aliphatic carbocycles. The maximum atomic E-state index is 5.28. The van der Waals surface area contributed by atoms with Crippen molar-refractivity contribution in [3.63, 3.8) is 0 Å².